The molecule has 1 heterocycles. The number of nitrogens with zero attached hydrogens (tertiary/aromatic N) is 1. The van der Waals surface area contributed by atoms with Gasteiger partial charge in [-0.3, -0.25) is 0 Å². The highest BCUT2D eigenvalue weighted by Crippen LogP contribution is 2.22. The predicted octanol–water partition coefficient (Wildman–Crippen LogP) is 1.86. The van der Waals surface area contributed by atoms with Gasteiger partial charge in [0.05, 0.1) is 0 Å². The summed E-state index contributed by atoms with van der Waals surface area (Å²) in [4.78, 5) is 2.60. The van der Waals surface area contributed by atoms with E-state index in [-0.39, 0.29) is 0 Å². The summed E-state index contributed by atoms with van der Waals surface area (Å²) in [5.41, 5.74) is 6.08. The third-order valence-electron chi connectivity index (χ3n) is 4.06. The van der Waals surface area contributed by atoms with Crippen LogP contribution in [0.5, 0.6) is 0 Å². The lowest BCUT2D eigenvalue weighted by molar-refractivity contribution is 0.0950. The Balaban J connectivity index is 2.16. The molecule has 0 aromatic rings. The zero-order chi connectivity index (χ0) is 12.0. The van der Waals surface area contributed by atoms with E-state index >= 15 is 0 Å². The van der Waals surface area contributed by atoms with Crippen LogP contribution in [0.1, 0.15) is 39.5 Å². The van der Waals surface area contributed by atoms with Crippen molar-refractivity contribution in [1.29, 1.82) is 0 Å². The van der Waals surface area contributed by atoms with E-state index in [1.165, 1.54) is 32.4 Å². The summed E-state index contributed by atoms with van der Waals surface area (Å²) in [6, 6.07) is 1.05. The molecule has 0 aromatic carbocycles. The van der Waals surface area contributed by atoms with Gasteiger partial charge in [0.2, 0.25) is 0 Å². The number of hydrogen-bond acceptors (Lipinski definition) is 3. The summed E-state index contributed by atoms with van der Waals surface area (Å²) in [6.45, 7) is 7.90. The smallest absolute Gasteiger partial charge is 0.0462 e. The molecular formula is C13H28N2O. The lowest BCUT2D eigenvalue weighted by Gasteiger charge is -2.41. The number of nitrogens with two attached hydrogens (primary N) is 1. The number of methoxy groups -OCH3 is 1. The third-order valence-corrected chi connectivity index (χ3v) is 4.06. The topological polar surface area (TPSA) is 38.5 Å². The highest BCUT2D eigenvalue weighted by Gasteiger charge is 2.29. The molecule has 0 bridgehead atoms. The van der Waals surface area contributed by atoms with Gasteiger partial charge in [0.15, 0.2) is 0 Å². The van der Waals surface area contributed by atoms with Crippen molar-refractivity contribution >= 4 is 0 Å². The van der Waals surface area contributed by atoms with Crippen molar-refractivity contribution in [3.8, 4) is 0 Å². The maximum atomic E-state index is 6.08. The van der Waals surface area contributed by atoms with Gasteiger partial charge in [-0.05, 0) is 51.6 Å². The number of unbranched alkanes of at least 4 members (excludes halogenated alkanes) is 2. The molecule has 1 aliphatic rings. The van der Waals surface area contributed by atoms with Crippen LogP contribution in [0.15, 0.2) is 0 Å². The molecule has 3 nitrogen and oxygen atoms in total. The summed E-state index contributed by atoms with van der Waals surface area (Å²) in [5, 5.41) is 0. The fourth-order valence-corrected chi connectivity index (χ4v) is 2.53. The Morgan fingerprint density at radius 2 is 2.00 bits per heavy atom. The van der Waals surface area contributed by atoms with E-state index in [0.29, 0.717) is 18.0 Å². The van der Waals surface area contributed by atoms with E-state index in [1.807, 2.05) is 0 Å². The van der Waals surface area contributed by atoms with Crippen molar-refractivity contribution < 1.29 is 4.74 Å². The fourth-order valence-electron chi connectivity index (χ4n) is 2.53. The van der Waals surface area contributed by atoms with E-state index in [1.54, 1.807) is 7.11 Å². The second-order valence-electron chi connectivity index (χ2n) is 5.14. The van der Waals surface area contributed by atoms with Crippen LogP contribution >= 0.6 is 0 Å². The molecule has 1 fully saturated rings. The van der Waals surface area contributed by atoms with E-state index in [0.717, 1.165) is 13.0 Å². The Kier molecular flexibility index (Phi) is 6.32. The largest absolute Gasteiger partial charge is 0.385 e. The van der Waals surface area contributed by atoms with E-state index in [2.05, 4.69) is 18.7 Å². The Hall–Kier alpha value is -0.120. The van der Waals surface area contributed by atoms with Gasteiger partial charge in [-0.15, -0.1) is 0 Å². The average molecular weight is 228 g/mol. The van der Waals surface area contributed by atoms with Gasteiger partial charge >= 0.3 is 0 Å². The molecule has 1 saturated heterocycles. The highest BCUT2D eigenvalue weighted by atomic mass is 16.5. The van der Waals surface area contributed by atoms with Crippen LogP contribution in [0.4, 0.5) is 0 Å². The van der Waals surface area contributed by atoms with E-state index < -0.39 is 0 Å². The first kappa shape index (κ1) is 13.9. The van der Waals surface area contributed by atoms with Crippen molar-refractivity contribution in [2.24, 2.45) is 11.7 Å². The van der Waals surface area contributed by atoms with Gasteiger partial charge in [-0.2, -0.15) is 0 Å². The minimum absolute atomic E-state index is 0.403. The molecule has 0 aromatic heterocycles. The fraction of sp³-hybridized carbons (Fsp3) is 1.00. The molecule has 16 heavy (non-hydrogen) atoms. The zero-order valence-electron chi connectivity index (χ0n) is 11.1. The number of ether oxygens (including phenoxy) is 1. The normalized spacial score (nSPS) is 31.9. The van der Waals surface area contributed by atoms with Crippen LogP contribution in [-0.2, 0) is 4.74 Å². The second kappa shape index (κ2) is 7.25. The lowest BCUT2D eigenvalue weighted by atomic mass is 9.87. The average Bonchev–Trinajstić information content (AvgIpc) is 2.28. The van der Waals surface area contributed by atoms with Gasteiger partial charge in [0.1, 0.15) is 0 Å². The molecule has 0 amide bonds. The molecule has 1 aliphatic heterocycles. The van der Waals surface area contributed by atoms with Gasteiger partial charge in [-0.25, -0.2) is 0 Å². The molecule has 0 spiro atoms. The molecule has 1 rings (SSSR count). The summed E-state index contributed by atoms with van der Waals surface area (Å²) in [7, 11) is 1.77. The standard InChI is InChI=1S/C13H28N2O/c1-11-12(2)15(9-7-13(11)14)8-5-4-6-10-16-3/h11-13H,4-10,14H2,1-3H3. The molecule has 2 N–H and O–H groups in total. The number of rotatable bonds is 6. The minimum atomic E-state index is 0.403. The molecule has 3 atom stereocenters. The van der Waals surface area contributed by atoms with Crippen molar-refractivity contribution in [1.82, 2.24) is 4.90 Å². The monoisotopic (exact) mass is 228 g/mol. The van der Waals surface area contributed by atoms with Crippen molar-refractivity contribution in [3.05, 3.63) is 0 Å². The van der Waals surface area contributed by atoms with Crippen LogP contribution in [0.25, 0.3) is 0 Å². The van der Waals surface area contributed by atoms with Gasteiger partial charge in [0.25, 0.3) is 0 Å². The molecular weight excluding hydrogens is 200 g/mol. The summed E-state index contributed by atoms with van der Waals surface area (Å²) in [6.07, 6.45) is 4.91. The van der Waals surface area contributed by atoms with E-state index in [9.17, 15) is 0 Å². The second-order valence-corrected chi connectivity index (χ2v) is 5.14. The van der Waals surface area contributed by atoms with Crippen LogP contribution in [0, 0.1) is 5.92 Å². The maximum Gasteiger partial charge on any atom is 0.0462 e. The Labute approximate surface area is 100 Å². The Morgan fingerprint density at radius 1 is 1.25 bits per heavy atom. The first-order valence-corrected chi connectivity index (χ1v) is 6.65. The molecule has 0 aliphatic carbocycles. The third kappa shape index (κ3) is 4.04. The minimum Gasteiger partial charge on any atom is -0.385 e. The molecule has 3 heteroatoms. The summed E-state index contributed by atoms with van der Waals surface area (Å²) >= 11 is 0. The zero-order valence-corrected chi connectivity index (χ0v) is 11.1. The molecule has 0 saturated carbocycles. The van der Waals surface area contributed by atoms with Crippen LogP contribution in [0.3, 0.4) is 0 Å². The summed E-state index contributed by atoms with van der Waals surface area (Å²) in [5.74, 6) is 0.632. The van der Waals surface area contributed by atoms with Crippen LogP contribution in [0.2, 0.25) is 0 Å². The van der Waals surface area contributed by atoms with Crippen molar-refractivity contribution in [2.75, 3.05) is 26.8 Å². The number of hydrogen-bond donors (Lipinski definition) is 1. The lowest BCUT2D eigenvalue weighted by Crippen LogP contribution is -2.51. The quantitative estimate of drug-likeness (QED) is 0.705. The highest BCUT2D eigenvalue weighted by molar-refractivity contribution is 4.86. The van der Waals surface area contributed by atoms with Crippen molar-refractivity contribution in [3.63, 3.8) is 0 Å². The Morgan fingerprint density at radius 3 is 2.69 bits per heavy atom. The molecule has 96 valence electrons. The van der Waals surface area contributed by atoms with Gasteiger partial charge in [-0.1, -0.05) is 6.92 Å². The molecule has 3 unspecified atom stereocenters. The van der Waals surface area contributed by atoms with Gasteiger partial charge in [0, 0.05) is 25.8 Å². The number of likely N-dealkylation sites (tertiary alicyclic amines) is 1. The van der Waals surface area contributed by atoms with Crippen LogP contribution < -0.4 is 5.73 Å². The molecule has 0 radical (unpaired) electrons. The first-order valence-electron chi connectivity index (χ1n) is 6.65. The summed E-state index contributed by atoms with van der Waals surface area (Å²) < 4.78 is 5.06. The van der Waals surface area contributed by atoms with Crippen LogP contribution in [-0.4, -0.2) is 43.8 Å². The van der Waals surface area contributed by atoms with E-state index in [4.69, 9.17) is 10.5 Å². The SMILES string of the molecule is COCCCCCN1CCC(N)C(C)C1C. The Bertz CT molecular complexity index is 187. The number of piperidine rings is 1. The van der Waals surface area contributed by atoms with Crippen molar-refractivity contribution in [2.45, 2.75) is 51.6 Å². The van der Waals surface area contributed by atoms with Gasteiger partial charge < -0.3 is 15.4 Å². The predicted molar refractivity (Wildman–Crippen MR) is 68.5 cm³/mol. The maximum absolute atomic E-state index is 6.08. The first-order chi connectivity index (χ1) is 7.66.